The summed E-state index contributed by atoms with van der Waals surface area (Å²) in [6.07, 6.45) is 2.14. The van der Waals surface area contributed by atoms with E-state index in [1.54, 1.807) is 7.11 Å². The molecule has 0 spiro atoms. The second-order valence-corrected chi connectivity index (χ2v) is 8.59. The summed E-state index contributed by atoms with van der Waals surface area (Å²) in [7, 11) is 1.70. The molecule has 1 atom stereocenters. The number of ether oxygens (including phenoxy) is 2. The van der Waals surface area contributed by atoms with E-state index in [0.29, 0.717) is 6.61 Å². The van der Waals surface area contributed by atoms with Gasteiger partial charge in [-0.3, -0.25) is 0 Å². The van der Waals surface area contributed by atoms with Crippen molar-refractivity contribution in [2.24, 2.45) is 0 Å². The van der Waals surface area contributed by atoms with Crippen molar-refractivity contribution in [3.63, 3.8) is 0 Å². The number of aromatic nitrogens is 3. The van der Waals surface area contributed by atoms with Gasteiger partial charge in [-0.15, -0.1) is 5.10 Å². The number of fused-ring (bicyclic) bond motifs is 2. The Kier molecular flexibility index (Phi) is 5.44. The summed E-state index contributed by atoms with van der Waals surface area (Å²) in [6.45, 7) is 8.89. The Bertz CT molecular complexity index is 1340. The summed E-state index contributed by atoms with van der Waals surface area (Å²) in [4.78, 5) is 0. The van der Waals surface area contributed by atoms with E-state index in [9.17, 15) is 0 Å². The van der Waals surface area contributed by atoms with E-state index in [1.165, 1.54) is 11.1 Å². The molecule has 0 bridgehead atoms. The van der Waals surface area contributed by atoms with Crippen LogP contribution in [0.4, 0.5) is 5.82 Å². The van der Waals surface area contributed by atoms with Crippen LogP contribution in [0.2, 0.25) is 0 Å². The van der Waals surface area contributed by atoms with E-state index < -0.39 is 0 Å². The van der Waals surface area contributed by atoms with Gasteiger partial charge < -0.3 is 19.4 Å². The zero-order valence-corrected chi connectivity index (χ0v) is 19.9. The van der Waals surface area contributed by atoms with Crippen LogP contribution in [0.3, 0.4) is 0 Å². The molecule has 6 heteroatoms. The van der Waals surface area contributed by atoms with Gasteiger partial charge in [0.1, 0.15) is 11.5 Å². The van der Waals surface area contributed by atoms with Crippen LogP contribution >= 0.6 is 0 Å². The number of hydrogen-bond donors (Lipinski definition) is 1. The summed E-state index contributed by atoms with van der Waals surface area (Å²) in [6, 6.07) is 14.9. The predicted octanol–water partition coefficient (Wildman–Crippen LogP) is 5.85. The largest absolute Gasteiger partial charge is 0.494 e. The smallest absolute Gasteiger partial charge is 0.158 e. The summed E-state index contributed by atoms with van der Waals surface area (Å²) < 4.78 is 13.7. The first-order chi connectivity index (χ1) is 16.0. The molecule has 6 nitrogen and oxygen atoms in total. The average molecular weight is 443 g/mol. The van der Waals surface area contributed by atoms with E-state index >= 15 is 0 Å². The predicted molar refractivity (Wildman–Crippen MR) is 132 cm³/mol. The van der Waals surface area contributed by atoms with Gasteiger partial charge in [-0.05, 0) is 63.8 Å². The summed E-state index contributed by atoms with van der Waals surface area (Å²) in [5.74, 6) is 2.40. The number of benzene rings is 2. The fraction of sp³-hybridized carbons (Fsp3) is 0.333. The Morgan fingerprint density at radius 3 is 2.61 bits per heavy atom. The maximum absolute atomic E-state index is 5.75. The van der Waals surface area contributed by atoms with Gasteiger partial charge in [-0.1, -0.05) is 24.3 Å². The van der Waals surface area contributed by atoms with Gasteiger partial charge in [0.2, 0.25) is 0 Å². The van der Waals surface area contributed by atoms with Crippen LogP contribution in [0, 0.1) is 20.8 Å². The molecule has 0 saturated heterocycles. The Morgan fingerprint density at radius 2 is 1.82 bits per heavy atom. The van der Waals surface area contributed by atoms with Gasteiger partial charge in [0.15, 0.2) is 5.82 Å². The second-order valence-electron chi connectivity index (χ2n) is 8.59. The van der Waals surface area contributed by atoms with E-state index in [4.69, 9.17) is 9.47 Å². The Labute approximate surface area is 194 Å². The van der Waals surface area contributed by atoms with Gasteiger partial charge in [-0.2, -0.15) is 5.10 Å². The Hall–Kier alpha value is -3.54. The third-order valence-electron chi connectivity index (χ3n) is 6.69. The number of rotatable bonds is 6. The first-order valence-corrected chi connectivity index (χ1v) is 11.5. The van der Waals surface area contributed by atoms with E-state index in [-0.39, 0.29) is 6.04 Å². The third-order valence-corrected chi connectivity index (χ3v) is 6.69. The van der Waals surface area contributed by atoms with Crippen LogP contribution in [-0.2, 0) is 6.42 Å². The lowest BCUT2D eigenvalue weighted by atomic mass is 10.1. The molecule has 170 valence electrons. The standard InChI is InChI=1S/C27H30N4O2/c1-6-33-20-12-14-23(24(15-20)32-5)31-17(3)25-16(2)29-30-27(26(25)18(31)4)28-22-13-11-19-9-7-8-10-21(19)22/h7-10,12,14-15,22H,6,11,13H2,1-5H3,(H,28,30). The molecular formula is C27H30N4O2. The van der Waals surface area contributed by atoms with Crippen LogP contribution in [0.5, 0.6) is 11.5 Å². The highest BCUT2D eigenvalue weighted by molar-refractivity contribution is 5.98. The highest BCUT2D eigenvalue weighted by atomic mass is 16.5. The molecule has 0 amide bonds. The Balaban J connectivity index is 1.64. The number of anilines is 1. The number of hydrogen-bond acceptors (Lipinski definition) is 5. The molecular weight excluding hydrogens is 412 g/mol. The van der Waals surface area contributed by atoms with Gasteiger partial charge in [0.05, 0.1) is 31.1 Å². The van der Waals surface area contributed by atoms with Crippen molar-refractivity contribution in [3.8, 4) is 17.2 Å². The Morgan fingerprint density at radius 1 is 1.03 bits per heavy atom. The van der Waals surface area contributed by atoms with Crippen LogP contribution in [-0.4, -0.2) is 28.5 Å². The fourth-order valence-electron chi connectivity index (χ4n) is 5.23. The van der Waals surface area contributed by atoms with Crippen molar-refractivity contribution in [1.82, 2.24) is 14.8 Å². The van der Waals surface area contributed by atoms with E-state index in [2.05, 4.69) is 64.3 Å². The summed E-state index contributed by atoms with van der Waals surface area (Å²) >= 11 is 0. The zero-order valence-electron chi connectivity index (χ0n) is 19.9. The maximum atomic E-state index is 5.75. The minimum atomic E-state index is 0.240. The van der Waals surface area contributed by atoms with Crippen molar-refractivity contribution in [2.45, 2.75) is 46.6 Å². The van der Waals surface area contributed by atoms with Crippen molar-refractivity contribution >= 4 is 16.6 Å². The molecule has 1 aliphatic carbocycles. The van der Waals surface area contributed by atoms with Crippen molar-refractivity contribution in [2.75, 3.05) is 19.0 Å². The van der Waals surface area contributed by atoms with Crippen molar-refractivity contribution in [3.05, 3.63) is 70.7 Å². The van der Waals surface area contributed by atoms with E-state index in [0.717, 1.165) is 63.7 Å². The number of nitrogens with one attached hydrogen (secondary N) is 1. The van der Waals surface area contributed by atoms with Crippen LogP contribution in [0.25, 0.3) is 16.5 Å². The highest BCUT2D eigenvalue weighted by Crippen LogP contribution is 2.40. The molecule has 0 fully saturated rings. The van der Waals surface area contributed by atoms with Crippen LogP contribution in [0.15, 0.2) is 42.5 Å². The van der Waals surface area contributed by atoms with Crippen LogP contribution < -0.4 is 14.8 Å². The summed E-state index contributed by atoms with van der Waals surface area (Å²) in [5.41, 5.74) is 6.89. The molecule has 2 heterocycles. The lowest BCUT2D eigenvalue weighted by Crippen LogP contribution is -2.10. The number of aryl methyl sites for hydroxylation is 4. The minimum absolute atomic E-state index is 0.240. The highest BCUT2D eigenvalue weighted by Gasteiger charge is 2.26. The molecule has 1 aliphatic rings. The average Bonchev–Trinajstić information content (AvgIpc) is 3.35. The van der Waals surface area contributed by atoms with Crippen molar-refractivity contribution in [1.29, 1.82) is 0 Å². The molecule has 2 aromatic heterocycles. The zero-order chi connectivity index (χ0) is 23.1. The lowest BCUT2D eigenvalue weighted by molar-refractivity contribution is 0.336. The minimum Gasteiger partial charge on any atom is -0.494 e. The molecule has 1 unspecified atom stereocenters. The normalized spacial score (nSPS) is 15.0. The first kappa shape index (κ1) is 21.3. The summed E-state index contributed by atoms with van der Waals surface area (Å²) in [5, 5.41) is 15.1. The number of nitrogens with zero attached hydrogens (tertiary/aromatic N) is 3. The van der Waals surface area contributed by atoms with Gasteiger partial charge >= 0.3 is 0 Å². The second kappa shape index (κ2) is 8.43. The molecule has 0 radical (unpaired) electrons. The van der Waals surface area contributed by atoms with Gasteiger partial charge in [-0.25, -0.2) is 0 Å². The molecule has 4 aromatic rings. The maximum Gasteiger partial charge on any atom is 0.158 e. The molecule has 1 N–H and O–H groups in total. The fourth-order valence-corrected chi connectivity index (χ4v) is 5.23. The molecule has 0 saturated carbocycles. The topological polar surface area (TPSA) is 61.2 Å². The SMILES string of the molecule is CCOc1ccc(-n2c(C)c3c(C)nnc(NC4CCc5ccccc54)c3c2C)c(OC)c1. The quantitative estimate of drug-likeness (QED) is 0.406. The third kappa shape index (κ3) is 3.50. The molecule has 0 aliphatic heterocycles. The lowest BCUT2D eigenvalue weighted by Gasteiger charge is -2.16. The monoisotopic (exact) mass is 442 g/mol. The molecule has 5 rings (SSSR count). The van der Waals surface area contributed by atoms with Crippen molar-refractivity contribution < 1.29 is 9.47 Å². The van der Waals surface area contributed by atoms with Gasteiger partial charge in [0, 0.05) is 28.2 Å². The molecule has 2 aromatic carbocycles. The van der Waals surface area contributed by atoms with E-state index in [1.807, 2.05) is 26.0 Å². The first-order valence-electron chi connectivity index (χ1n) is 11.5. The van der Waals surface area contributed by atoms with Gasteiger partial charge in [0.25, 0.3) is 0 Å². The van der Waals surface area contributed by atoms with Crippen LogP contribution in [0.1, 0.15) is 47.6 Å². The molecule has 33 heavy (non-hydrogen) atoms. The number of methoxy groups -OCH3 is 1.